The Morgan fingerprint density at radius 2 is 1.02 bits per heavy atom. The van der Waals surface area contributed by atoms with E-state index in [4.69, 9.17) is 4.42 Å². The average Bonchev–Trinajstić information content (AvgIpc) is 3.85. The maximum Gasteiger partial charge on any atom is 0.134 e. The number of rotatable bonds is 5. The van der Waals surface area contributed by atoms with Gasteiger partial charge in [-0.2, -0.15) is 0 Å². The Morgan fingerprint density at radius 3 is 1.78 bits per heavy atom. The molecule has 0 aliphatic heterocycles. The molecule has 212 valence electrons. The number of fused-ring (bicyclic) bond motifs is 4. The Hall–Kier alpha value is -5.64. The van der Waals surface area contributed by atoms with E-state index in [1.165, 1.54) is 59.1 Å². The lowest BCUT2D eigenvalue weighted by Gasteiger charge is -2.08. The second-order valence-electron chi connectivity index (χ2n) is 11.4. The zero-order valence-corrected chi connectivity index (χ0v) is 25.2. The number of nitrogens with zero attached hydrogens (tertiary/aromatic N) is 1. The molecule has 3 heteroatoms. The van der Waals surface area contributed by atoms with E-state index in [-0.39, 0.29) is 0 Å². The second-order valence-corrected chi connectivity index (χ2v) is 12.5. The molecule has 0 amide bonds. The fourth-order valence-corrected chi connectivity index (χ4v) is 7.47. The normalized spacial score (nSPS) is 11.6. The standard InChI is InChI=1S/C42H27NOS/c1-2-9-34(10-3-1)43-37-12-6-5-11-35(37)36-26-32(22-23-38(36)43)28-14-16-29(17-15-28)39-24-25-40(44-39)30-18-20-31(21-19-30)42-27-33-8-4-7-13-41(33)45-42/h1-27H. The van der Waals surface area contributed by atoms with Gasteiger partial charge in [0.25, 0.3) is 0 Å². The lowest BCUT2D eigenvalue weighted by Crippen LogP contribution is -1.92. The lowest BCUT2D eigenvalue weighted by atomic mass is 10.0. The van der Waals surface area contributed by atoms with E-state index in [0.717, 1.165) is 22.6 Å². The molecule has 45 heavy (non-hydrogen) atoms. The van der Waals surface area contributed by atoms with Gasteiger partial charge in [-0.05, 0) is 76.7 Å². The minimum Gasteiger partial charge on any atom is -0.456 e. The van der Waals surface area contributed by atoms with Crippen LogP contribution >= 0.6 is 11.3 Å². The number of benzene rings is 6. The highest BCUT2D eigenvalue weighted by Crippen LogP contribution is 2.37. The first-order valence-electron chi connectivity index (χ1n) is 15.2. The number of para-hydroxylation sites is 2. The van der Waals surface area contributed by atoms with Crippen LogP contribution in [0.15, 0.2) is 168 Å². The van der Waals surface area contributed by atoms with E-state index >= 15 is 0 Å². The van der Waals surface area contributed by atoms with Gasteiger partial charge in [0.1, 0.15) is 11.5 Å². The molecule has 3 aromatic heterocycles. The van der Waals surface area contributed by atoms with Crippen molar-refractivity contribution in [1.82, 2.24) is 4.57 Å². The smallest absolute Gasteiger partial charge is 0.134 e. The van der Waals surface area contributed by atoms with E-state index in [9.17, 15) is 0 Å². The third-order valence-electron chi connectivity index (χ3n) is 8.68. The predicted octanol–water partition coefficient (Wildman–Crippen LogP) is 12.3. The molecule has 9 aromatic rings. The van der Waals surface area contributed by atoms with E-state index in [1.54, 1.807) is 0 Å². The van der Waals surface area contributed by atoms with Crippen molar-refractivity contribution >= 4 is 43.2 Å². The number of furan rings is 1. The molecule has 0 saturated carbocycles. The van der Waals surface area contributed by atoms with Crippen LogP contribution in [0.3, 0.4) is 0 Å². The molecule has 0 bridgehead atoms. The van der Waals surface area contributed by atoms with Gasteiger partial charge in [-0.15, -0.1) is 11.3 Å². The minimum atomic E-state index is 0.867. The zero-order chi connectivity index (χ0) is 29.7. The summed E-state index contributed by atoms with van der Waals surface area (Å²) < 4.78 is 10.0. The molecule has 0 radical (unpaired) electrons. The Balaban J connectivity index is 0.997. The first-order chi connectivity index (χ1) is 22.3. The molecule has 6 aromatic carbocycles. The van der Waals surface area contributed by atoms with Crippen LogP contribution < -0.4 is 0 Å². The van der Waals surface area contributed by atoms with Gasteiger partial charge in [0, 0.05) is 37.2 Å². The second kappa shape index (κ2) is 10.5. The van der Waals surface area contributed by atoms with Crippen LogP contribution in [-0.2, 0) is 0 Å². The first kappa shape index (κ1) is 25.8. The molecular formula is C42H27NOS. The van der Waals surface area contributed by atoms with Crippen molar-refractivity contribution in [2.75, 3.05) is 0 Å². The third-order valence-corrected chi connectivity index (χ3v) is 9.84. The molecule has 0 saturated heterocycles. The van der Waals surface area contributed by atoms with Crippen LogP contribution in [0.25, 0.3) is 81.8 Å². The maximum atomic E-state index is 6.35. The molecule has 0 spiro atoms. The highest BCUT2D eigenvalue weighted by Gasteiger charge is 2.14. The molecule has 0 N–H and O–H groups in total. The first-order valence-corrected chi connectivity index (χ1v) is 16.0. The van der Waals surface area contributed by atoms with Crippen molar-refractivity contribution in [2.45, 2.75) is 0 Å². The maximum absolute atomic E-state index is 6.35. The predicted molar refractivity (Wildman–Crippen MR) is 190 cm³/mol. The Bertz CT molecular complexity index is 2430. The fourth-order valence-electron chi connectivity index (χ4n) is 6.41. The summed E-state index contributed by atoms with van der Waals surface area (Å²) in [6.07, 6.45) is 0. The molecular weight excluding hydrogens is 567 g/mol. The van der Waals surface area contributed by atoms with E-state index in [2.05, 4.69) is 168 Å². The van der Waals surface area contributed by atoms with Crippen LogP contribution in [0.1, 0.15) is 0 Å². The van der Waals surface area contributed by atoms with Crippen molar-refractivity contribution in [1.29, 1.82) is 0 Å². The topological polar surface area (TPSA) is 18.1 Å². The molecule has 9 rings (SSSR count). The van der Waals surface area contributed by atoms with Crippen molar-refractivity contribution in [3.63, 3.8) is 0 Å². The molecule has 2 nitrogen and oxygen atoms in total. The Labute approximate surface area is 265 Å². The number of hydrogen-bond donors (Lipinski definition) is 0. The SMILES string of the molecule is c1ccc(-n2c3ccccc3c3cc(-c4ccc(-c5ccc(-c6ccc(-c7cc8ccccc8s7)cc6)o5)cc4)ccc32)cc1. The van der Waals surface area contributed by atoms with Crippen molar-refractivity contribution in [2.24, 2.45) is 0 Å². The summed E-state index contributed by atoms with van der Waals surface area (Å²) in [5.41, 5.74) is 9.34. The molecule has 0 fully saturated rings. The van der Waals surface area contributed by atoms with E-state index in [0.29, 0.717) is 0 Å². The molecule has 0 atom stereocenters. The largest absolute Gasteiger partial charge is 0.456 e. The third kappa shape index (κ3) is 4.48. The van der Waals surface area contributed by atoms with Gasteiger partial charge in [-0.3, -0.25) is 0 Å². The summed E-state index contributed by atoms with van der Waals surface area (Å²) in [5, 5.41) is 3.80. The van der Waals surface area contributed by atoms with Gasteiger partial charge in [0.15, 0.2) is 0 Å². The van der Waals surface area contributed by atoms with Gasteiger partial charge in [-0.25, -0.2) is 0 Å². The van der Waals surface area contributed by atoms with Crippen LogP contribution in [0.5, 0.6) is 0 Å². The summed E-state index contributed by atoms with van der Waals surface area (Å²) in [6, 6.07) is 58.3. The van der Waals surface area contributed by atoms with Gasteiger partial charge in [-0.1, -0.05) is 109 Å². The van der Waals surface area contributed by atoms with Gasteiger partial charge >= 0.3 is 0 Å². The monoisotopic (exact) mass is 593 g/mol. The lowest BCUT2D eigenvalue weighted by molar-refractivity contribution is 0.597. The Morgan fingerprint density at radius 1 is 0.422 bits per heavy atom. The van der Waals surface area contributed by atoms with Crippen molar-refractivity contribution in [3.05, 3.63) is 164 Å². The van der Waals surface area contributed by atoms with Gasteiger partial charge in [0.2, 0.25) is 0 Å². The number of aromatic nitrogens is 1. The number of hydrogen-bond acceptors (Lipinski definition) is 2. The highest BCUT2D eigenvalue weighted by molar-refractivity contribution is 7.22. The molecule has 3 heterocycles. The highest BCUT2D eigenvalue weighted by atomic mass is 32.1. The molecule has 0 aliphatic carbocycles. The molecule has 0 unspecified atom stereocenters. The quantitative estimate of drug-likeness (QED) is 0.194. The summed E-state index contributed by atoms with van der Waals surface area (Å²) in [7, 11) is 0. The summed E-state index contributed by atoms with van der Waals surface area (Å²) in [5.74, 6) is 1.74. The van der Waals surface area contributed by atoms with Crippen molar-refractivity contribution in [3.8, 4) is 49.9 Å². The fraction of sp³-hybridized carbons (Fsp3) is 0. The van der Waals surface area contributed by atoms with Gasteiger partial charge in [0.05, 0.1) is 11.0 Å². The van der Waals surface area contributed by atoms with E-state index < -0.39 is 0 Å². The Kier molecular flexibility index (Phi) is 6.03. The minimum absolute atomic E-state index is 0.867. The number of thiophene rings is 1. The van der Waals surface area contributed by atoms with Crippen LogP contribution in [0.2, 0.25) is 0 Å². The van der Waals surface area contributed by atoms with Crippen LogP contribution in [0, 0.1) is 0 Å². The zero-order valence-electron chi connectivity index (χ0n) is 24.4. The summed E-state index contributed by atoms with van der Waals surface area (Å²) in [6.45, 7) is 0. The molecule has 0 aliphatic rings. The van der Waals surface area contributed by atoms with Gasteiger partial charge < -0.3 is 8.98 Å². The van der Waals surface area contributed by atoms with Crippen LogP contribution in [-0.4, -0.2) is 4.57 Å². The average molecular weight is 594 g/mol. The summed E-state index contributed by atoms with van der Waals surface area (Å²) in [4.78, 5) is 1.28. The van der Waals surface area contributed by atoms with Crippen molar-refractivity contribution < 1.29 is 4.42 Å². The van der Waals surface area contributed by atoms with E-state index in [1.807, 2.05) is 11.3 Å². The summed E-state index contributed by atoms with van der Waals surface area (Å²) >= 11 is 1.83. The van der Waals surface area contributed by atoms with Crippen LogP contribution in [0.4, 0.5) is 0 Å².